The summed E-state index contributed by atoms with van der Waals surface area (Å²) in [7, 11) is 0. The van der Waals surface area contributed by atoms with Gasteiger partial charge in [-0.3, -0.25) is 0 Å². The van der Waals surface area contributed by atoms with Crippen LogP contribution in [0, 0.1) is 6.92 Å². The van der Waals surface area contributed by atoms with E-state index in [1.807, 2.05) is 30.3 Å². The Bertz CT molecular complexity index is 614. The molecule has 0 aliphatic heterocycles. The Labute approximate surface area is 136 Å². The zero-order chi connectivity index (χ0) is 15.9. The molecule has 0 aliphatic carbocycles. The van der Waals surface area contributed by atoms with Crippen LogP contribution in [0.1, 0.15) is 23.6 Å². The Hall–Kier alpha value is -1.55. The van der Waals surface area contributed by atoms with E-state index in [0.29, 0.717) is 24.7 Å². The maximum atomic E-state index is 9.31. The molecule has 0 aliphatic rings. The van der Waals surface area contributed by atoms with Crippen LogP contribution in [0.15, 0.2) is 42.5 Å². The van der Waals surface area contributed by atoms with Gasteiger partial charge in [0.05, 0.1) is 6.10 Å². The summed E-state index contributed by atoms with van der Waals surface area (Å²) in [5.74, 6) is 0.809. The van der Waals surface area contributed by atoms with Crippen LogP contribution in [0.5, 0.6) is 5.75 Å². The van der Waals surface area contributed by atoms with E-state index in [2.05, 4.69) is 24.4 Å². The minimum atomic E-state index is -0.379. The predicted molar refractivity (Wildman–Crippen MR) is 90.4 cm³/mol. The summed E-state index contributed by atoms with van der Waals surface area (Å²) < 4.78 is 5.93. The molecular formula is C18H22ClNO2. The second-order valence-corrected chi connectivity index (χ2v) is 5.95. The smallest absolute Gasteiger partial charge is 0.124 e. The molecule has 0 amide bonds. The Morgan fingerprint density at radius 2 is 2.05 bits per heavy atom. The van der Waals surface area contributed by atoms with Gasteiger partial charge in [-0.1, -0.05) is 41.4 Å². The fraction of sp³-hybridized carbons (Fsp3) is 0.333. The molecular weight excluding hydrogens is 298 g/mol. The molecule has 22 heavy (non-hydrogen) atoms. The van der Waals surface area contributed by atoms with Gasteiger partial charge in [0, 0.05) is 23.7 Å². The molecule has 0 spiro atoms. The first-order valence-electron chi connectivity index (χ1n) is 7.40. The highest BCUT2D eigenvalue weighted by Crippen LogP contribution is 2.24. The largest absolute Gasteiger partial charge is 0.489 e. The number of aliphatic hydroxyl groups excluding tert-OH is 1. The van der Waals surface area contributed by atoms with Gasteiger partial charge < -0.3 is 15.2 Å². The van der Waals surface area contributed by atoms with Crippen molar-refractivity contribution in [1.82, 2.24) is 5.32 Å². The van der Waals surface area contributed by atoms with E-state index < -0.39 is 0 Å². The molecule has 0 bridgehead atoms. The van der Waals surface area contributed by atoms with E-state index in [-0.39, 0.29) is 6.10 Å². The van der Waals surface area contributed by atoms with Crippen molar-refractivity contribution in [3.8, 4) is 5.75 Å². The summed E-state index contributed by atoms with van der Waals surface area (Å²) >= 11 is 6.06. The lowest BCUT2D eigenvalue weighted by molar-refractivity contribution is 0.190. The standard InChI is InChI=1S/C18H22ClNO2/c1-13-4-3-5-15(8-13)12-22-18-7-6-17(19)9-16(18)11-20-10-14(2)21/h3-9,14,20-21H,10-12H2,1-2H3. The quantitative estimate of drug-likeness (QED) is 0.817. The zero-order valence-corrected chi connectivity index (χ0v) is 13.7. The second-order valence-electron chi connectivity index (χ2n) is 5.51. The molecule has 0 heterocycles. The SMILES string of the molecule is Cc1cccc(COc2ccc(Cl)cc2CNCC(C)O)c1. The van der Waals surface area contributed by atoms with Gasteiger partial charge in [-0.05, 0) is 37.6 Å². The fourth-order valence-corrected chi connectivity index (χ4v) is 2.40. The van der Waals surface area contributed by atoms with Crippen molar-refractivity contribution in [2.24, 2.45) is 0 Å². The Kier molecular flexibility index (Phi) is 6.25. The molecule has 0 fully saturated rings. The van der Waals surface area contributed by atoms with E-state index in [1.165, 1.54) is 5.56 Å². The topological polar surface area (TPSA) is 41.5 Å². The minimum Gasteiger partial charge on any atom is -0.489 e. The summed E-state index contributed by atoms with van der Waals surface area (Å²) in [6.45, 7) is 5.47. The van der Waals surface area contributed by atoms with Crippen LogP contribution in [0.3, 0.4) is 0 Å². The monoisotopic (exact) mass is 319 g/mol. The van der Waals surface area contributed by atoms with Crippen LogP contribution in [-0.4, -0.2) is 17.8 Å². The molecule has 0 aromatic heterocycles. The highest BCUT2D eigenvalue weighted by Gasteiger charge is 2.06. The molecule has 0 saturated carbocycles. The number of rotatable bonds is 7. The molecule has 0 radical (unpaired) electrons. The lowest BCUT2D eigenvalue weighted by atomic mass is 10.1. The number of hydrogen-bond donors (Lipinski definition) is 2. The molecule has 2 aromatic carbocycles. The average molecular weight is 320 g/mol. The van der Waals surface area contributed by atoms with Gasteiger partial charge in [0.1, 0.15) is 12.4 Å². The van der Waals surface area contributed by atoms with Crippen molar-refractivity contribution in [3.05, 3.63) is 64.2 Å². The first-order chi connectivity index (χ1) is 10.5. The highest BCUT2D eigenvalue weighted by atomic mass is 35.5. The third-order valence-corrected chi connectivity index (χ3v) is 3.49. The minimum absolute atomic E-state index is 0.379. The third-order valence-electron chi connectivity index (χ3n) is 3.25. The van der Waals surface area contributed by atoms with Crippen LogP contribution in [0.25, 0.3) is 0 Å². The normalized spacial score (nSPS) is 12.2. The molecule has 118 valence electrons. The Morgan fingerprint density at radius 3 is 2.77 bits per heavy atom. The molecule has 2 aromatic rings. The Morgan fingerprint density at radius 1 is 1.23 bits per heavy atom. The van der Waals surface area contributed by atoms with Crippen molar-refractivity contribution in [3.63, 3.8) is 0 Å². The van der Waals surface area contributed by atoms with Gasteiger partial charge in [-0.15, -0.1) is 0 Å². The Balaban J connectivity index is 2.03. The van der Waals surface area contributed by atoms with Gasteiger partial charge in [-0.25, -0.2) is 0 Å². The van der Waals surface area contributed by atoms with Gasteiger partial charge in [0.2, 0.25) is 0 Å². The van der Waals surface area contributed by atoms with Crippen molar-refractivity contribution < 1.29 is 9.84 Å². The third kappa shape index (κ3) is 5.34. The summed E-state index contributed by atoms with van der Waals surface area (Å²) in [5.41, 5.74) is 3.34. The van der Waals surface area contributed by atoms with Crippen LogP contribution in [-0.2, 0) is 13.2 Å². The maximum Gasteiger partial charge on any atom is 0.124 e. The summed E-state index contributed by atoms with van der Waals surface area (Å²) in [6, 6.07) is 13.9. The molecule has 1 atom stereocenters. The van der Waals surface area contributed by atoms with Crippen molar-refractivity contribution in [1.29, 1.82) is 0 Å². The molecule has 2 rings (SSSR count). The van der Waals surface area contributed by atoms with E-state index >= 15 is 0 Å². The number of benzene rings is 2. The van der Waals surface area contributed by atoms with E-state index in [1.54, 1.807) is 6.92 Å². The number of halogens is 1. The van der Waals surface area contributed by atoms with Crippen LogP contribution in [0.2, 0.25) is 5.02 Å². The van der Waals surface area contributed by atoms with Crippen LogP contribution < -0.4 is 10.1 Å². The van der Waals surface area contributed by atoms with E-state index in [4.69, 9.17) is 16.3 Å². The first-order valence-corrected chi connectivity index (χ1v) is 7.78. The number of aryl methyl sites for hydroxylation is 1. The average Bonchev–Trinajstić information content (AvgIpc) is 2.46. The van der Waals surface area contributed by atoms with Gasteiger partial charge >= 0.3 is 0 Å². The number of ether oxygens (including phenoxy) is 1. The lowest BCUT2D eigenvalue weighted by Crippen LogP contribution is -2.24. The van der Waals surface area contributed by atoms with Crippen molar-refractivity contribution in [2.45, 2.75) is 33.1 Å². The van der Waals surface area contributed by atoms with Crippen molar-refractivity contribution >= 4 is 11.6 Å². The zero-order valence-electron chi connectivity index (χ0n) is 13.0. The lowest BCUT2D eigenvalue weighted by Gasteiger charge is -2.14. The van der Waals surface area contributed by atoms with Crippen LogP contribution in [0.4, 0.5) is 0 Å². The first kappa shape index (κ1) is 16.8. The van der Waals surface area contributed by atoms with Gasteiger partial charge in [0.25, 0.3) is 0 Å². The molecule has 4 heteroatoms. The fourth-order valence-electron chi connectivity index (χ4n) is 2.21. The summed E-state index contributed by atoms with van der Waals surface area (Å²) in [5, 5.41) is 13.2. The highest BCUT2D eigenvalue weighted by molar-refractivity contribution is 6.30. The maximum absolute atomic E-state index is 9.31. The van der Waals surface area contributed by atoms with Gasteiger partial charge in [0.15, 0.2) is 0 Å². The number of aliphatic hydroxyl groups is 1. The van der Waals surface area contributed by atoms with E-state index in [9.17, 15) is 5.11 Å². The van der Waals surface area contributed by atoms with Crippen LogP contribution >= 0.6 is 11.6 Å². The molecule has 1 unspecified atom stereocenters. The van der Waals surface area contributed by atoms with Gasteiger partial charge in [-0.2, -0.15) is 0 Å². The molecule has 3 nitrogen and oxygen atoms in total. The van der Waals surface area contributed by atoms with E-state index in [0.717, 1.165) is 16.9 Å². The van der Waals surface area contributed by atoms with Crippen molar-refractivity contribution in [2.75, 3.05) is 6.54 Å². The predicted octanol–water partition coefficient (Wildman–Crippen LogP) is 3.70. The molecule has 2 N–H and O–H groups in total. The summed E-state index contributed by atoms with van der Waals surface area (Å²) in [6.07, 6.45) is -0.379. The number of hydrogen-bond acceptors (Lipinski definition) is 3. The molecule has 0 saturated heterocycles. The number of nitrogens with one attached hydrogen (secondary N) is 1. The summed E-state index contributed by atoms with van der Waals surface area (Å²) in [4.78, 5) is 0. The second kappa shape index (κ2) is 8.18.